The summed E-state index contributed by atoms with van der Waals surface area (Å²) >= 11 is 0. The summed E-state index contributed by atoms with van der Waals surface area (Å²) in [6.45, 7) is 3.12. The molecule has 0 saturated heterocycles. The van der Waals surface area contributed by atoms with E-state index in [-0.39, 0.29) is 34.1 Å². The molecule has 0 fully saturated rings. The standard InChI is InChI=1S/C27H24F3N5O5/c1-13(2)15(12-36)31-24(37)21-19(25-33-20-16(39-3)10-7-11-17(20)40-25)26(38)35-23(32-21)18(14-8-5-4-6-9-14)22(34-35)27(28,29)30/h4-11,13,15,32,36H,12H2,1-3H3,(H,31,37). The molecular formula is C27H24F3N5O5. The predicted molar refractivity (Wildman–Crippen MR) is 139 cm³/mol. The van der Waals surface area contributed by atoms with Crippen LogP contribution in [-0.2, 0) is 6.18 Å². The maximum absolute atomic E-state index is 14.2. The Balaban J connectivity index is 1.86. The summed E-state index contributed by atoms with van der Waals surface area (Å²) < 4.78 is 54.1. The van der Waals surface area contributed by atoms with Crippen molar-refractivity contribution in [2.24, 2.45) is 5.92 Å². The number of nitrogens with one attached hydrogen (secondary N) is 2. The Morgan fingerprint density at radius 2 is 1.88 bits per heavy atom. The number of rotatable bonds is 7. The minimum absolute atomic E-state index is 0.126. The van der Waals surface area contributed by atoms with Gasteiger partial charge in [-0.15, -0.1) is 0 Å². The van der Waals surface area contributed by atoms with Gasteiger partial charge >= 0.3 is 6.18 Å². The van der Waals surface area contributed by atoms with E-state index in [9.17, 15) is 27.9 Å². The van der Waals surface area contributed by atoms with Crippen molar-refractivity contribution in [1.29, 1.82) is 0 Å². The van der Waals surface area contributed by atoms with Crippen molar-refractivity contribution in [2.45, 2.75) is 26.1 Å². The summed E-state index contributed by atoms with van der Waals surface area (Å²) in [7, 11) is 1.41. The van der Waals surface area contributed by atoms with Crippen LogP contribution in [0.3, 0.4) is 0 Å². The largest absolute Gasteiger partial charge is 0.494 e. The lowest BCUT2D eigenvalue weighted by Gasteiger charge is -2.20. The Kier molecular flexibility index (Phi) is 6.84. The number of para-hydroxylation sites is 1. The van der Waals surface area contributed by atoms with Crippen molar-refractivity contribution >= 4 is 22.7 Å². The van der Waals surface area contributed by atoms with Gasteiger partial charge in [0, 0.05) is 0 Å². The van der Waals surface area contributed by atoms with Crippen molar-refractivity contribution in [2.75, 3.05) is 13.7 Å². The molecule has 3 heterocycles. The first kappa shape index (κ1) is 26.9. The molecule has 0 radical (unpaired) electrons. The molecule has 0 aliphatic carbocycles. The number of H-pyrrole nitrogens is 1. The molecule has 10 nitrogen and oxygen atoms in total. The molecule has 0 spiro atoms. The average Bonchev–Trinajstić information content (AvgIpc) is 3.53. The highest BCUT2D eigenvalue weighted by Gasteiger charge is 2.40. The quantitative estimate of drug-likeness (QED) is 0.273. The Bertz CT molecular complexity index is 1770. The molecule has 0 aliphatic heterocycles. The SMILES string of the molecule is COc1cccc2oc(-c3c(C(=O)NC(CO)C(C)C)[nH]c4c(-c5ccccc5)c(C(F)(F)F)nn4c3=O)nc12. The van der Waals surface area contributed by atoms with E-state index >= 15 is 0 Å². The van der Waals surface area contributed by atoms with E-state index in [1.54, 1.807) is 50.2 Å². The number of fused-ring (bicyclic) bond motifs is 2. The van der Waals surface area contributed by atoms with Gasteiger partial charge in [0.25, 0.3) is 11.5 Å². The van der Waals surface area contributed by atoms with Gasteiger partial charge in [0.1, 0.15) is 22.7 Å². The Labute approximate surface area is 224 Å². The number of halogens is 3. The van der Waals surface area contributed by atoms with Gasteiger partial charge in [0.15, 0.2) is 16.8 Å². The fourth-order valence-electron chi connectivity index (χ4n) is 4.38. The zero-order valence-electron chi connectivity index (χ0n) is 21.5. The third-order valence-corrected chi connectivity index (χ3v) is 6.48. The molecule has 13 heteroatoms. The molecule has 1 amide bonds. The third kappa shape index (κ3) is 4.57. The molecule has 0 aliphatic rings. The predicted octanol–water partition coefficient (Wildman–Crippen LogP) is 4.27. The summed E-state index contributed by atoms with van der Waals surface area (Å²) in [4.78, 5) is 34.5. The number of nitrogens with zero attached hydrogens (tertiary/aromatic N) is 3. The summed E-state index contributed by atoms with van der Waals surface area (Å²) in [6.07, 6.45) is -4.93. The second kappa shape index (κ2) is 10.2. The van der Waals surface area contributed by atoms with Crippen molar-refractivity contribution in [3.8, 4) is 28.3 Å². The average molecular weight is 556 g/mol. The van der Waals surface area contributed by atoms with Crippen LogP contribution >= 0.6 is 0 Å². The van der Waals surface area contributed by atoms with Crippen LogP contribution in [0.1, 0.15) is 30.0 Å². The molecule has 2 aromatic carbocycles. The van der Waals surface area contributed by atoms with Crippen LogP contribution in [-0.4, -0.2) is 50.4 Å². The van der Waals surface area contributed by atoms with Crippen LogP contribution in [0.2, 0.25) is 0 Å². The zero-order valence-corrected chi connectivity index (χ0v) is 21.5. The molecule has 1 unspecified atom stereocenters. The second-order valence-electron chi connectivity index (χ2n) is 9.36. The second-order valence-corrected chi connectivity index (χ2v) is 9.36. The number of carbonyl (C=O) groups excluding carboxylic acids is 1. The van der Waals surface area contributed by atoms with E-state index in [2.05, 4.69) is 20.4 Å². The fourth-order valence-corrected chi connectivity index (χ4v) is 4.38. The zero-order chi connectivity index (χ0) is 28.8. The molecule has 208 valence electrons. The van der Waals surface area contributed by atoms with Gasteiger partial charge in [-0.1, -0.05) is 50.2 Å². The van der Waals surface area contributed by atoms with Crippen LogP contribution < -0.4 is 15.6 Å². The van der Waals surface area contributed by atoms with Crippen molar-refractivity contribution in [3.63, 3.8) is 0 Å². The van der Waals surface area contributed by atoms with Gasteiger partial charge in [-0.25, -0.2) is 4.98 Å². The molecule has 1 atom stereocenters. The number of aliphatic hydroxyl groups excluding tert-OH is 1. The first-order chi connectivity index (χ1) is 19.0. The fraction of sp³-hybridized carbons (Fsp3) is 0.259. The molecule has 5 aromatic rings. The van der Waals surface area contributed by atoms with E-state index < -0.39 is 52.8 Å². The summed E-state index contributed by atoms with van der Waals surface area (Å²) in [5.41, 5.74) is -3.41. The van der Waals surface area contributed by atoms with Gasteiger partial charge in [-0.3, -0.25) is 9.59 Å². The number of aromatic nitrogens is 4. The summed E-state index contributed by atoms with van der Waals surface area (Å²) in [5, 5.41) is 16.0. The van der Waals surface area contributed by atoms with Crippen LogP contribution in [0.5, 0.6) is 5.75 Å². The molecular weight excluding hydrogens is 531 g/mol. The lowest BCUT2D eigenvalue weighted by Crippen LogP contribution is -2.42. The maximum atomic E-state index is 14.2. The van der Waals surface area contributed by atoms with Gasteiger partial charge in [0.2, 0.25) is 5.89 Å². The van der Waals surface area contributed by atoms with Crippen LogP contribution in [0, 0.1) is 5.92 Å². The highest BCUT2D eigenvalue weighted by atomic mass is 19.4. The van der Waals surface area contributed by atoms with Crippen LogP contribution in [0.4, 0.5) is 13.2 Å². The van der Waals surface area contributed by atoms with Gasteiger partial charge in [-0.2, -0.15) is 22.8 Å². The number of amides is 1. The van der Waals surface area contributed by atoms with Gasteiger partial charge < -0.3 is 24.6 Å². The number of aliphatic hydroxyl groups is 1. The Morgan fingerprint density at radius 1 is 1.15 bits per heavy atom. The van der Waals surface area contributed by atoms with Crippen molar-refractivity contribution < 1.29 is 32.2 Å². The Morgan fingerprint density at radius 3 is 2.50 bits per heavy atom. The minimum Gasteiger partial charge on any atom is -0.494 e. The monoisotopic (exact) mass is 555 g/mol. The van der Waals surface area contributed by atoms with E-state index in [1.807, 2.05) is 0 Å². The first-order valence-electron chi connectivity index (χ1n) is 12.2. The number of hydrogen-bond acceptors (Lipinski definition) is 7. The van der Waals surface area contributed by atoms with Crippen LogP contribution in [0.25, 0.3) is 39.3 Å². The molecule has 3 N–H and O–H groups in total. The topological polar surface area (TPSA) is 135 Å². The molecule has 0 bridgehead atoms. The van der Waals surface area contributed by atoms with Crippen molar-refractivity contribution in [3.05, 3.63) is 70.3 Å². The number of aromatic amines is 1. The highest BCUT2D eigenvalue weighted by Crippen LogP contribution is 2.39. The van der Waals surface area contributed by atoms with E-state index in [0.717, 1.165) is 0 Å². The number of hydrogen-bond donors (Lipinski definition) is 3. The maximum Gasteiger partial charge on any atom is 0.435 e. The number of alkyl halides is 3. The third-order valence-electron chi connectivity index (χ3n) is 6.48. The number of ether oxygens (including phenoxy) is 1. The molecule has 40 heavy (non-hydrogen) atoms. The van der Waals surface area contributed by atoms with E-state index in [4.69, 9.17) is 9.15 Å². The smallest absolute Gasteiger partial charge is 0.435 e. The number of carbonyl (C=O) groups is 1. The molecule has 3 aromatic heterocycles. The number of oxazole rings is 1. The normalized spacial score (nSPS) is 12.8. The van der Waals surface area contributed by atoms with Crippen LogP contribution in [0.15, 0.2) is 57.7 Å². The molecule has 5 rings (SSSR count). The van der Waals surface area contributed by atoms with E-state index in [0.29, 0.717) is 10.3 Å². The minimum atomic E-state index is -4.93. The number of methoxy groups -OCH3 is 1. The summed E-state index contributed by atoms with van der Waals surface area (Å²) in [5.74, 6) is -1.07. The van der Waals surface area contributed by atoms with Crippen molar-refractivity contribution in [1.82, 2.24) is 24.9 Å². The molecule has 0 saturated carbocycles. The number of benzene rings is 2. The van der Waals surface area contributed by atoms with E-state index in [1.165, 1.54) is 19.2 Å². The first-order valence-corrected chi connectivity index (χ1v) is 12.2. The van der Waals surface area contributed by atoms with Gasteiger partial charge in [0.05, 0.1) is 25.3 Å². The summed E-state index contributed by atoms with van der Waals surface area (Å²) in [6, 6.07) is 11.7. The van der Waals surface area contributed by atoms with Gasteiger partial charge in [-0.05, 0) is 23.6 Å². The highest BCUT2D eigenvalue weighted by molar-refractivity contribution is 6.00. The lowest BCUT2D eigenvalue weighted by molar-refractivity contribution is -0.140. The Hall–Kier alpha value is -4.65. The lowest BCUT2D eigenvalue weighted by atomic mass is 10.0.